The fourth-order valence-corrected chi connectivity index (χ4v) is 3.77. The van der Waals surface area contributed by atoms with Gasteiger partial charge < -0.3 is 19.7 Å². The van der Waals surface area contributed by atoms with E-state index in [0.29, 0.717) is 18.7 Å². The summed E-state index contributed by atoms with van der Waals surface area (Å²) in [6.45, 7) is 0.653. The minimum absolute atomic E-state index is 0.0156. The van der Waals surface area contributed by atoms with Crippen LogP contribution >= 0.6 is 11.6 Å². The summed E-state index contributed by atoms with van der Waals surface area (Å²) in [7, 11) is 1.40. The number of amides is 2. The molecule has 0 bridgehead atoms. The molecule has 1 N–H and O–H groups in total. The maximum absolute atomic E-state index is 12.8. The van der Waals surface area contributed by atoms with Gasteiger partial charge in [0.05, 0.1) is 12.0 Å². The Kier molecular flexibility index (Phi) is 6.65. The molecule has 1 fully saturated rings. The fourth-order valence-electron chi connectivity index (χ4n) is 3.61. The topological polar surface area (TPSA) is 111 Å². The molecule has 9 nitrogen and oxygen atoms in total. The van der Waals surface area contributed by atoms with Crippen molar-refractivity contribution in [3.63, 3.8) is 0 Å². The molecule has 10 heteroatoms. The average Bonchev–Trinajstić information content (AvgIpc) is 3.26. The van der Waals surface area contributed by atoms with Crippen LogP contribution in [0, 0.1) is 10.1 Å². The Morgan fingerprint density at radius 2 is 1.88 bits per heavy atom. The molecule has 1 aliphatic heterocycles. The molecular formula is C24H20ClN3O6. The van der Waals surface area contributed by atoms with Crippen LogP contribution in [0.2, 0.25) is 5.02 Å². The summed E-state index contributed by atoms with van der Waals surface area (Å²) in [5.41, 5.74) is 1.26. The number of hydrogen-bond donors (Lipinski definition) is 1. The zero-order valence-electron chi connectivity index (χ0n) is 18.1. The van der Waals surface area contributed by atoms with Crippen molar-refractivity contribution in [3.05, 3.63) is 81.4 Å². The lowest BCUT2D eigenvalue weighted by atomic mass is 10.1. The Bertz CT molecular complexity index is 1280. The van der Waals surface area contributed by atoms with E-state index in [1.165, 1.54) is 43.5 Å². The van der Waals surface area contributed by atoms with E-state index >= 15 is 0 Å². The molecule has 1 aliphatic rings. The fraction of sp³-hybridized carbons (Fsp3) is 0.167. The maximum Gasteiger partial charge on any atom is 0.313 e. The zero-order chi connectivity index (χ0) is 24.2. The van der Waals surface area contributed by atoms with Crippen LogP contribution in [0.3, 0.4) is 0 Å². The van der Waals surface area contributed by atoms with Gasteiger partial charge in [-0.15, -0.1) is 0 Å². The van der Waals surface area contributed by atoms with E-state index in [-0.39, 0.29) is 39.4 Å². The van der Waals surface area contributed by atoms with Crippen LogP contribution in [0.25, 0.3) is 0 Å². The van der Waals surface area contributed by atoms with Gasteiger partial charge >= 0.3 is 5.69 Å². The number of nitrogens with zero attached hydrogens (tertiary/aromatic N) is 2. The lowest BCUT2D eigenvalue weighted by Crippen LogP contribution is -2.23. The second kappa shape index (κ2) is 9.80. The first-order valence-electron chi connectivity index (χ1n) is 10.4. The molecule has 1 saturated heterocycles. The predicted molar refractivity (Wildman–Crippen MR) is 127 cm³/mol. The molecule has 34 heavy (non-hydrogen) atoms. The van der Waals surface area contributed by atoms with Crippen LogP contribution in [0.15, 0.2) is 60.7 Å². The van der Waals surface area contributed by atoms with E-state index in [9.17, 15) is 19.7 Å². The number of methoxy groups -OCH3 is 1. The third-order valence-corrected chi connectivity index (χ3v) is 5.49. The number of nitro groups is 1. The van der Waals surface area contributed by atoms with Crippen molar-refractivity contribution in [1.29, 1.82) is 0 Å². The average molecular weight is 482 g/mol. The second-order valence-electron chi connectivity index (χ2n) is 7.49. The summed E-state index contributed by atoms with van der Waals surface area (Å²) < 4.78 is 11.0. The minimum atomic E-state index is -0.598. The third-order valence-electron chi connectivity index (χ3n) is 5.25. The number of benzene rings is 3. The molecular weight excluding hydrogens is 462 g/mol. The zero-order valence-corrected chi connectivity index (χ0v) is 18.9. The van der Waals surface area contributed by atoms with E-state index in [1.807, 2.05) is 6.07 Å². The van der Waals surface area contributed by atoms with Crippen LogP contribution < -0.4 is 19.7 Å². The Hall–Kier alpha value is -4.11. The molecule has 0 aromatic heterocycles. The minimum Gasteiger partial charge on any atom is -0.493 e. The monoisotopic (exact) mass is 481 g/mol. The number of ether oxygens (including phenoxy) is 2. The summed E-state index contributed by atoms with van der Waals surface area (Å²) in [5.74, 6) is 0.0578. The van der Waals surface area contributed by atoms with Gasteiger partial charge in [0.1, 0.15) is 0 Å². The quantitative estimate of drug-likeness (QED) is 0.356. The van der Waals surface area contributed by atoms with Crippen LogP contribution in [-0.2, 0) is 4.79 Å². The standard InChI is InChI=1S/C24H20ClN3O6/c1-33-22-12-15(7-9-21(22)34-20-10-8-16(25)13-19(20)28(31)32)24(30)26-17-4-2-5-18(14-17)27-11-3-6-23(27)29/h2,4-5,7-10,12-14H,3,6,11H2,1H3,(H,26,30). The summed E-state index contributed by atoms with van der Waals surface area (Å²) in [6.07, 6.45) is 1.33. The highest BCUT2D eigenvalue weighted by molar-refractivity contribution is 6.30. The van der Waals surface area contributed by atoms with Gasteiger partial charge in [-0.25, -0.2) is 0 Å². The SMILES string of the molecule is COc1cc(C(=O)Nc2cccc(N3CCCC3=O)c2)ccc1Oc1ccc(Cl)cc1[N+](=O)[O-]. The van der Waals surface area contributed by atoms with E-state index in [0.717, 1.165) is 12.1 Å². The van der Waals surface area contributed by atoms with Crippen molar-refractivity contribution in [2.24, 2.45) is 0 Å². The second-order valence-corrected chi connectivity index (χ2v) is 7.93. The molecule has 1 heterocycles. The van der Waals surface area contributed by atoms with Crippen molar-refractivity contribution < 1.29 is 24.0 Å². The van der Waals surface area contributed by atoms with Gasteiger partial charge in [-0.2, -0.15) is 0 Å². The number of carbonyl (C=O) groups is 2. The maximum atomic E-state index is 12.8. The highest BCUT2D eigenvalue weighted by Crippen LogP contribution is 2.38. The largest absolute Gasteiger partial charge is 0.493 e. The number of hydrogen-bond acceptors (Lipinski definition) is 6. The summed E-state index contributed by atoms with van der Waals surface area (Å²) in [4.78, 5) is 37.3. The Balaban J connectivity index is 1.53. The third kappa shape index (κ3) is 4.94. The van der Waals surface area contributed by atoms with Gasteiger partial charge in [0.15, 0.2) is 11.5 Å². The Morgan fingerprint density at radius 3 is 2.59 bits per heavy atom. The van der Waals surface area contributed by atoms with Crippen LogP contribution in [0.1, 0.15) is 23.2 Å². The first-order chi connectivity index (χ1) is 16.4. The smallest absolute Gasteiger partial charge is 0.313 e. The molecule has 0 aliphatic carbocycles. The number of rotatable bonds is 7. The van der Waals surface area contributed by atoms with Crippen molar-refractivity contribution in [1.82, 2.24) is 0 Å². The number of nitrogens with one attached hydrogen (secondary N) is 1. The predicted octanol–water partition coefficient (Wildman–Crippen LogP) is 5.43. The van der Waals surface area contributed by atoms with Crippen LogP contribution in [0.5, 0.6) is 17.2 Å². The van der Waals surface area contributed by atoms with Crippen molar-refractivity contribution in [2.75, 3.05) is 23.9 Å². The number of carbonyl (C=O) groups excluding carboxylic acids is 2. The molecule has 0 radical (unpaired) electrons. The molecule has 174 valence electrons. The van der Waals surface area contributed by atoms with Gasteiger partial charge in [0.25, 0.3) is 5.91 Å². The molecule has 3 aromatic rings. The highest BCUT2D eigenvalue weighted by Gasteiger charge is 2.22. The number of nitro benzene ring substituents is 1. The molecule has 0 saturated carbocycles. The lowest BCUT2D eigenvalue weighted by molar-refractivity contribution is -0.385. The van der Waals surface area contributed by atoms with E-state index in [1.54, 1.807) is 23.1 Å². The summed E-state index contributed by atoms with van der Waals surface area (Å²) in [6, 6.07) is 15.6. The van der Waals surface area contributed by atoms with Gasteiger partial charge in [-0.3, -0.25) is 19.7 Å². The lowest BCUT2D eigenvalue weighted by Gasteiger charge is -2.17. The Labute approximate surface area is 200 Å². The first kappa shape index (κ1) is 23.1. The summed E-state index contributed by atoms with van der Waals surface area (Å²) in [5, 5.41) is 14.3. The molecule has 4 rings (SSSR count). The Morgan fingerprint density at radius 1 is 1.09 bits per heavy atom. The molecule has 2 amide bonds. The van der Waals surface area contributed by atoms with Gasteiger partial charge in [-0.05, 0) is 55.0 Å². The number of halogens is 1. The van der Waals surface area contributed by atoms with Crippen molar-refractivity contribution in [2.45, 2.75) is 12.8 Å². The van der Waals surface area contributed by atoms with Crippen molar-refractivity contribution in [3.8, 4) is 17.2 Å². The van der Waals surface area contributed by atoms with Gasteiger partial charge in [0, 0.05) is 41.0 Å². The molecule has 3 aromatic carbocycles. The summed E-state index contributed by atoms with van der Waals surface area (Å²) >= 11 is 5.85. The first-order valence-corrected chi connectivity index (χ1v) is 10.7. The van der Waals surface area contributed by atoms with Gasteiger partial charge in [-0.1, -0.05) is 17.7 Å². The molecule has 0 atom stereocenters. The van der Waals surface area contributed by atoms with Crippen LogP contribution in [0.4, 0.5) is 17.1 Å². The van der Waals surface area contributed by atoms with Crippen LogP contribution in [-0.4, -0.2) is 30.4 Å². The van der Waals surface area contributed by atoms with Crippen molar-refractivity contribution >= 4 is 40.5 Å². The van der Waals surface area contributed by atoms with E-state index in [2.05, 4.69) is 5.32 Å². The highest BCUT2D eigenvalue weighted by atomic mass is 35.5. The molecule has 0 spiro atoms. The number of anilines is 2. The normalized spacial score (nSPS) is 13.0. The van der Waals surface area contributed by atoms with E-state index in [4.69, 9.17) is 21.1 Å². The van der Waals surface area contributed by atoms with E-state index < -0.39 is 10.8 Å². The van der Waals surface area contributed by atoms with Gasteiger partial charge in [0.2, 0.25) is 11.7 Å². The molecule has 0 unspecified atom stereocenters.